The van der Waals surface area contributed by atoms with Crippen molar-refractivity contribution in [2.45, 2.75) is 44.2 Å². The highest BCUT2D eigenvalue weighted by Crippen LogP contribution is 2.24. The minimum Gasteiger partial charge on any atom is -0.496 e. The van der Waals surface area contributed by atoms with E-state index in [0.29, 0.717) is 16.9 Å². The molecule has 0 aliphatic heterocycles. The van der Waals surface area contributed by atoms with Gasteiger partial charge in [-0.25, -0.2) is 8.42 Å². The van der Waals surface area contributed by atoms with E-state index in [4.69, 9.17) is 4.74 Å². The van der Waals surface area contributed by atoms with Crippen molar-refractivity contribution in [3.63, 3.8) is 0 Å². The van der Waals surface area contributed by atoms with Gasteiger partial charge in [0.05, 0.1) is 12.0 Å². The van der Waals surface area contributed by atoms with E-state index in [1.165, 1.54) is 24.0 Å². The summed E-state index contributed by atoms with van der Waals surface area (Å²) in [5.74, 6) is 0.327. The fourth-order valence-electron chi connectivity index (χ4n) is 3.67. The third-order valence-corrected chi connectivity index (χ3v) is 7.57. The quantitative estimate of drug-likeness (QED) is 0.461. The van der Waals surface area contributed by atoms with Gasteiger partial charge in [0, 0.05) is 30.8 Å². The first kappa shape index (κ1) is 25.5. The summed E-state index contributed by atoms with van der Waals surface area (Å²) in [6, 6.07) is 22.0. The van der Waals surface area contributed by atoms with E-state index in [1.807, 2.05) is 32.0 Å². The highest BCUT2D eigenvalue weighted by Gasteiger charge is 2.23. The maximum Gasteiger partial charge on any atom is 0.251 e. The lowest BCUT2D eigenvalue weighted by molar-refractivity contribution is 0.0938. The molecule has 0 bridgehead atoms. The third-order valence-electron chi connectivity index (χ3n) is 5.75. The molecule has 34 heavy (non-hydrogen) atoms. The third kappa shape index (κ3) is 6.46. The average molecular weight is 481 g/mol. The van der Waals surface area contributed by atoms with Gasteiger partial charge >= 0.3 is 0 Å². The van der Waals surface area contributed by atoms with Crippen LogP contribution in [0.25, 0.3) is 0 Å². The van der Waals surface area contributed by atoms with Crippen molar-refractivity contribution in [1.82, 2.24) is 9.62 Å². The van der Waals surface area contributed by atoms with Crippen molar-refractivity contribution in [2.24, 2.45) is 0 Å². The fraction of sp³-hybridized carbons (Fsp3) is 0.296. The molecule has 0 radical (unpaired) electrons. The van der Waals surface area contributed by atoms with E-state index in [2.05, 4.69) is 17.4 Å². The van der Waals surface area contributed by atoms with Crippen LogP contribution in [0.15, 0.2) is 77.7 Å². The van der Waals surface area contributed by atoms with Gasteiger partial charge in [0.2, 0.25) is 10.0 Å². The number of hydrogen-bond acceptors (Lipinski definition) is 4. The number of nitrogens with one attached hydrogen (secondary N) is 1. The van der Waals surface area contributed by atoms with Crippen LogP contribution in [-0.4, -0.2) is 38.8 Å². The summed E-state index contributed by atoms with van der Waals surface area (Å²) in [5, 5.41) is 3.03. The van der Waals surface area contributed by atoms with Gasteiger partial charge in [0.15, 0.2) is 0 Å². The van der Waals surface area contributed by atoms with Gasteiger partial charge in [-0.15, -0.1) is 0 Å². The Kier molecular flexibility index (Phi) is 8.47. The van der Waals surface area contributed by atoms with E-state index in [1.54, 1.807) is 42.5 Å². The predicted molar refractivity (Wildman–Crippen MR) is 135 cm³/mol. The van der Waals surface area contributed by atoms with Crippen LogP contribution in [0.2, 0.25) is 0 Å². The predicted octanol–water partition coefficient (Wildman–Crippen LogP) is 4.58. The Balaban J connectivity index is 1.70. The van der Waals surface area contributed by atoms with Gasteiger partial charge in [-0.3, -0.25) is 4.79 Å². The molecule has 0 saturated heterocycles. The number of benzene rings is 3. The number of rotatable bonds is 10. The summed E-state index contributed by atoms with van der Waals surface area (Å²) in [7, 11) is -0.640. The van der Waals surface area contributed by atoms with Crippen molar-refractivity contribution in [3.05, 3.63) is 95.1 Å². The Morgan fingerprint density at radius 2 is 1.71 bits per heavy atom. The van der Waals surface area contributed by atoms with Gasteiger partial charge < -0.3 is 10.1 Å². The second-order valence-corrected chi connectivity index (χ2v) is 10.5. The van der Waals surface area contributed by atoms with Crippen LogP contribution in [0.3, 0.4) is 0 Å². The maximum absolute atomic E-state index is 13.0. The summed E-state index contributed by atoms with van der Waals surface area (Å²) in [6.45, 7) is 3.96. The second kappa shape index (κ2) is 11.3. The maximum atomic E-state index is 13.0. The van der Waals surface area contributed by atoms with E-state index in [-0.39, 0.29) is 23.4 Å². The molecule has 3 aromatic carbocycles. The Morgan fingerprint density at radius 3 is 2.35 bits per heavy atom. The molecule has 7 heteroatoms. The summed E-state index contributed by atoms with van der Waals surface area (Å²) in [6.07, 6.45) is 1.69. The molecule has 3 rings (SSSR count). The molecule has 0 aromatic heterocycles. The molecule has 0 spiro atoms. The van der Waals surface area contributed by atoms with E-state index in [0.717, 1.165) is 18.4 Å². The van der Waals surface area contributed by atoms with Crippen molar-refractivity contribution in [3.8, 4) is 5.75 Å². The van der Waals surface area contributed by atoms with E-state index >= 15 is 0 Å². The number of aryl methyl sites for hydroxylation is 2. The molecule has 3 aromatic rings. The first-order valence-corrected chi connectivity index (χ1v) is 12.7. The summed E-state index contributed by atoms with van der Waals surface area (Å²) < 4.78 is 32.7. The van der Waals surface area contributed by atoms with Gasteiger partial charge in [0.1, 0.15) is 5.75 Å². The SMILES string of the molecule is COc1ccc(C(=O)N[C@H](C)CCc2ccccc2)cc1CN(C)S(=O)(=O)c1ccc(C)cc1. The molecular formula is C27H32N2O4S. The Hall–Kier alpha value is -3.16. The van der Waals surface area contributed by atoms with Gasteiger partial charge in [0.25, 0.3) is 5.91 Å². The Morgan fingerprint density at radius 1 is 1.03 bits per heavy atom. The summed E-state index contributed by atoms with van der Waals surface area (Å²) in [5.41, 5.74) is 3.29. The molecule has 1 N–H and O–H groups in total. The van der Waals surface area contributed by atoms with Gasteiger partial charge in [-0.05, 0) is 62.6 Å². The molecule has 0 saturated carbocycles. The lowest BCUT2D eigenvalue weighted by Crippen LogP contribution is -2.33. The first-order valence-electron chi connectivity index (χ1n) is 11.3. The lowest BCUT2D eigenvalue weighted by Gasteiger charge is -2.20. The number of sulfonamides is 1. The molecule has 0 unspecified atom stereocenters. The number of nitrogens with zero attached hydrogens (tertiary/aromatic N) is 1. The van der Waals surface area contributed by atoms with Crippen LogP contribution in [0.4, 0.5) is 0 Å². The molecule has 180 valence electrons. The molecule has 1 amide bonds. The minimum absolute atomic E-state index is 0.0113. The van der Waals surface area contributed by atoms with Crippen LogP contribution in [0.1, 0.15) is 40.4 Å². The molecule has 1 atom stereocenters. The number of amides is 1. The monoisotopic (exact) mass is 480 g/mol. The zero-order valence-electron chi connectivity index (χ0n) is 20.1. The standard InChI is InChI=1S/C27H32N2O4S/c1-20-10-15-25(16-11-20)34(31,32)29(3)19-24-18-23(14-17-26(24)33-4)27(30)28-21(2)12-13-22-8-6-5-7-9-22/h5-11,14-18,21H,12-13,19H2,1-4H3,(H,28,30)/t21-/m1/s1. The van der Waals surface area contributed by atoms with Crippen LogP contribution < -0.4 is 10.1 Å². The smallest absolute Gasteiger partial charge is 0.251 e. The number of carbonyl (C=O) groups excluding carboxylic acids is 1. The zero-order valence-corrected chi connectivity index (χ0v) is 20.9. The zero-order chi connectivity index (χ0) is 24.7. The minimum atomic E-state index is -3.69. The topological polar surface area (TPSA) is 75.7 Å². The average Bonchev–Trinajstić information content (AvgIpc) is 2.83. The Bertz CT molecular complexity index is 1210. The molecule has 0 aliphatic carbocycles. The number of carbonyl (C=O) groups is 1. The summed E-state index contributed by atoms with van der Waals surface area (Å²) in [4.78, 5) is 13.1. The highest BCUT2D eigenvalue weighted by molar-refractivity contribution is 7.89. The van der Waals surface area contributed by atoms with E-state index in [9.17, 15) is 13.2 Å². The van der Waals surface area contributed by atoms with Crippen LogP contribution >= 0.6 is 0 Å². The van der Waals surface area contributed by atoms with Gasteiger partial charge in [-0.1, -0.05) is 48.0 Å². The van der Waals surface area contributed by atoms with Crippen molar-refractivity contribution < 1.29 is 17.9 Å². The van der Waals surface area contributed by atoms with Crippen molar-refractivity contribution in [1.29, 1.82) is 0 Å². The van der Waals surface area contributed by atoms with Crippen LogP contribution in [0.5, 0.6) is 5.75 Å². The fourth-order valence-corrected chi connectivity index (χ4v) is 4.81. The summed E-state index contributed by atoms with van der Waals surface area (Å²) >= 11 is 0. The van der Waals surface area contributed by atoms with Gasteiger partial charge in [-0.2, -0.15) is 4.31 Å². The number of ether oxygens (including phenoxy) is 1. The van der Waals surface area contributed by atoms with Crippen LogP contribution in [-0.2, 0) is 23.0 Å². The molecule has 0 fully saturated rings. The van der Waals surface area contributed by atoms with Crippen molar-refractivity contribution in [2.75, 3.05) is 14.2 Å². The highest BCUT2D eigenvalue weighted by atomic mass is 32.2. The van der Waals surface area contributed by atoms with Crippen LogP contribution in [0, 0.1) is 6.92 Å². The number of hydrogen-bond donors (Lipinski definition) is 1. The first-order chi connectivity index (χ1) is 16.2. The van der Waals surface area contributed by atoms with Crippen molar-refractivity contribution >= 4 is 15.9 Å². The Labute approximate surface area is 202 Å². The molecule has 6 nitrogen and oxygen atoms in total. The lowest BCUT2D eigenvalue weighted by atomic mass is 10.1. The normalized spacial score (nSPS) is 12.4. The van der Waals surface area contributed by atoms with E-state index < -0.39 is 10.0 Å². The largest absolute Gasteiger partial charge is 0.496 e. The molecule has 0 heterocycles. The second-order valence-electron chi connectivity index (χ2n) is 8.50. The number of methoxy groups -OCH3 is 1. The molecule has 0 aliphatic rings. The molecular weight excluding hydrogens is 448 g/mol.